The number of hydrogen-bond acceptors (Lipinski definition) is 5. The average molecular weight is 277 g/mol. The molecule has 0 aliphatic carbocycles. The molecule has 1 unspecified atom stereocenters. The Labute approximate surface area is 120 Å². The number of anilines is 2. The third-order valence-corrected chi connectivity index (χ3v) is 3.56. The van der Waals surface area contributed by atoms with Gasteiger partial charge in [-0.25, -0.2) is 9.97 Å². The molecule has 1 atom stereocenters. The van der Waals surface area contributed by atoms with Crippen LogP contribution in [0.3, 0.4) is 0 Å². The summed E-state index contributed by atoms with van der Waals surface area (Å²) in [5.74, 6) is 2.07. The van der Waals surface area contributed by atoms with E-state index in [1.165, 1.54) is 0 Å². The number of nitrogens with one attached hydrogen (secondary N) is 2. The zero-order chi connectivity index (χ0) is 14.7. The molecule has 2 N–H and O–H groups in total. The van der Waals surface area contributed by atoms with Gasteiger partial charge in [-0.2, -0.15) is 0 Å². The van der Waals surface area contributed by atoms with E-state index in [1.807, 2.05) is 13.8 Å². The Hall–Kier alpha value is -1.85. The Kier molecular flexibility index (Phi) is 4.42. The lowest BCUT2D eigenvalue weighted by molar-refractivity contribution is -0.122. The van der Waals surface area contributed by atoms with Crippen LogP contribution in [0, 0.1) is 0 Å². The molecule has 0 aromatic carbocycles. The van der Waals surface area contributed by atoms with Crippen molar-refractivity contribution in [1.29, 1.82) is 0 Å². The highest BCUT2D eigenvalue weighted by atomic mass is 16.2. The van der Waals surface area contributed by atoms with E-state index in [9.17, 15) is 4.79 Å². The predicted molar refractivity (Wildman–Crippen MR) is 80.1 cm³/mol. The smallest absolute Gasteiger partial charge is 0.242 e. The number of rotatable bonds is 4. The predicted octanol–water partition coefficient (Wildman–Crippen LogP) is 1.36. The van der Waals surface area contributed by atoms with Crippen molar-refractivity contribution in [1.82, 2.24) is 15.3 Å². The summed E-state index contributed by atoms with van der Waals surface area (Å²) < 4.78 is 0. The van der Waals surface area contributed by atoms with Crippen molar-refractivity contribution in [3.8, 4) is 0 Å². The minimum absolute atomic E-state index is 0.0505. The summed E-state index contributed by atoms with van der Waals surface area (Å²) >= 11 is 0. The SMILES string of the molecule is CCNc1ncnc(N2CCNC(=O)C2C)c1C(C)C. The number of nitrogens with zero attached hydrogens (tertiary/aromatic N) is 3. The van der Waals surface area contributed by atoms with E-state index in [2.05, 4.69) is 39.3 Å². The molecule has 0 saturated carbocycles. The lowest BCUT2D eigenvalue weighted by Crippen LogP contribution is -2.54. The van der Waals surface area contributed by atoms with Gasteiger partial charge in [-0.15, -0.1) is 0 Å². The van der Waals surface area contributed by atoms with Crippen molar-refractivity contribution in [3.63, 3.8) is 0 Å². The highest BCUT2D eigenvalue weighted by molar-refractivity contribution is 5.86. The highest BCUT2D eigenvalue weighted by Crippen LogP contribution is 2.32. The van der Waals surface area contributed by atoms with Gasteiger partial charge in [0.15, 0.2) is 0 Å². The maximum atomic E-state index is 11.9. The van der Waals surface area contributed by atoms with Gasteiger partial charge in [0.05, 0.1) is 0 Å². The van der Waals surface area contributed by atoms with E-state index < -0.39 is 0 Å². The first-order chi connectivity index (χ1) is 9.56. The van der Waals surface area contributed by atoms with Crippen LogP contribution in [0.15, 0.2) is 6.33 Å². The van der Waals surface area contributed by atoms with Gasteiger partial charge in [0.1, 0.15) is 24.0 Å². The molecule has 6 nitrogen and oxygen atoms in total. The van der Waals surface area contributed by atoms with Gasteiger partial charge in [-0.05, 0) is 19.8 Å². The zero-order valence-corrected chi connectivity index (χ0v) is 12.6. The van der Waals surface area contributed by atoms with Crippen molar-refractivity contribution < 1.29 is 4.79 Å². The quantitative estimate of drug-likeness (QED) is 0.869. The van der Waals surface area contributed by atoms with Gasteiger partial charge in [-0.3, -0.25) is 4.79 Å². The molecule has 1 aliphatic rings. The monoisotopic (exact) mass is 277 g/mol. The summed E-state index contributed by atoms with van der Waals surface area (Å²) in [7, 11) is 0. The molecule has 1 aromatic rings. The summed E-state index contributed by atoms with van der Waals surface area (Å²) in [4.78, 5) is 22.7. The van der Waals surface area contributed by atoms with E-state index in [-0.39, 0.29) is 17.9 Å². The van der Waals surface area contributed by atoms with Crippen LogP contribution in [0.25, 0.3) is 0 Å². The second-order valence-corrected chi connectivity index (χ2v) is 5.30. The molecule has 110 valence electrons. The van der Waals surface area contributed by atoms with E-state index in [4.69, 9.17) is 0 Å². The zero-order valence-electron chi connectivity index (χ0n) is 12.6. The number of carbonyl (C=O) groups is 1. The molecule has 20 heavy (non-hydrogen) atoms. The van der Waals surface area contributed by atoms with Crippen LogP contribution in [0.5, 0.6) is 0 Å². The van der Waals surface area contributed by atoms with Gasteiger partial charge in [-0.1, -0.05) is 13.8 Å². The first-order valence-corrected chi connectivity index (χ1v) is 7.19. The molecule has 1 aliphatic heterocycles. The third-order valence-electron chi connectivity index (χ3n) is 3.56. The molecule has 1 fully saturated rings. The maximum absolute atomic E-state index is 11.9. The van der Waals surface area contributed by atoms with Gasteiger partial charge in [0.2, 0.25) is 5.91 Å². The lowest BCUT2D eigenvalue weighted by Gasteiger charge is -2.35. The molecule has 0 spiro atoms. The second kappa shape index (κ2) is 6.07. The standard InChI is InChI=1S/C14H23N5O/c1-5-15-12-11(9(2)3)13(18-8-17-12)19-7-6-16-14(20)10(19)4/h8-10H,5-7H2,1-4H3,(H,16,20)(H,15,17,18). The van der Waals surface area contributed by atoms with Gasteiger partial charge < -0.3 is 15.5 Å². The molecule has 0 radical (unpaired) electrons. The molecule has 2 rings (SSSR count). The fraction of sp³-hybridized carbons (Fsp3) is 0.643. The molecular weight excluding hydrogens is 254 g/mol. The van der Waals surface area contributed by atoms with Crippen LogP contribution < -0.4 is 15.5 Å². The molecule has 6 heteroatoms. The minimum atomic E-state index is -0.203. The fourth-order valence-corrected chi connectivity index (χ4v) is 2.53. The topological polar surface area (TPSA) is 70.2 Å². The Morgan fingerprint density at radius 2 is 2.25 bits per heavy atom. The number of piperazine rings is 1. The van der Waals surface area contributed by atoms with Crippen molar-refractivity contribution in [2.45, 2.75) is 39.7 Å². The third kappa shape index (κ3) is 2.69. The number of aromatic nitrogens is 2. The molecule has 1 saturated heterocycles. The fourth-order valence-electron chi connectivity index (χ4n) is 2.53. The summed E-state index contributed by atoms with van der Waals surface area (Å²) in [6.45, 7) is 10.4. The summed E-state index contributed by atoms with van der Waals surface area (Å²) in [5, 5.41) is 6.17. The van der Waals surface area contributed by atoms with E-state index in [0.717, 1.165) is 30.3 Å². The molecule has 2 heterocycles. The van der Waals surface area contributed by atoms with Crippen LogP contribution in [0.4, 0.5) is 11.6 Å². The van der Waals surface area contributed by atoms with Crippen molar-refractivity contribution in [3.05, 3.63) is 11.9 Å². The summed E-state index contributed by atoms with van der Waals surface area (Å²) in [5.41, 5.74) is 1.08. The minimum Gasteiger partial charge on any atom is -0.370 e. The number of carbonyl (C=O) groups excluding carboxylic acids is 1. The average Bonchev–Trinajstić information content (AvgIpc) is 2.42. The van der Waals surface area contributed by atoms with E-state index in [0.29, 0.717) is 6.54 Å². The first kappa shape index (κ1) is 14.6. The second-order valence-electron chi connectivity index (χ2n) is 5.30. The van der Waals surface area contributed by atoms with Gasteiger partial charge in [0, 0.05) is 25.2 Å². The van der Waals surface area contributed by atoms with Crippen LogP contribution in [-0.4, -0.2) is 41.6 Å². The van der Waals surface area contributed by atoms with Crippen LogP contribution in [0.2, 0.25) is 0 Å². The number of hydrogen-bond donors (Lipinski definition) is 2. The van der Waals surface area contributed by atoms with Crippen molar-refractivity contribution in [2.24, 2.45) is 0 Å². The molecule has 1 aromatic heterocycles. The van der Waals surface area contributed by atoms with E-state index >= 15 is 0 Å². The number of amides is 1. The van der Waals surface area contributed by atoms with E-state index in [1.54, 1.807) is 6.33 Å². The normalized spacial score (nSPS) is 19.1. The summed E-state index contributed by atoms with van der Waals surface area (Å²) in [6, 6.07) is -0.203. The Balaban J connectivity index is 2.44. The summed E-state index contributed by atoms with van der Waals surface area (Å²) in [6.07, 6.45) is 1.57. The van der Waals surface area contributed by atoms with Crippen molar-refractivity contribution >= 4 is 17.5 Å². The van der Waals surface area contributed by atoms with Gasteiger partial charge >= 0.3 is 0 Å². The van der Waals surface area contributed by atoms with Gasteiger partial charge in [0.25, 0.3) is 0 Å². The van der Waals surface area contributed by atoms with Crippen LogP contribution in [0.1, 0.15) is 39.2 Å². The largest absolute Gasteiger partial charge is 0.370 e. The Bertz CT molecular complexity index is 488. The van der Waals surface area contributed by atoms with Crippen LogP contribution in [-0.2, 0) is 4.79 Å². The maximum Gasteiger partial charge on any atom is 0.242 e. The first-order valence-electron chi connectivity index (χ1n) is 7.19. The lowest BCUT2D eigenvalue weighted by atomic mass is 10.0. The Morgan fingerprint density at radius 1 is 1.50 bits per heavy atom. The highest BCUT2D eigenvalue weighted by Gasteiger charge is 2.29. The van der Waals surface area contributed by atoms with Crippen LogP contribution >= 0.6 is 0 Å². The Morgan fingerprint density at radius 3 is 2.90 bits per heavy atom. The van der Waals surface area contributed by atoms with Crippen molar-refractivity contribution in [2.75, 3.05) is 29.9 Å². The molecule has 1 amide bonds. The molecule has 0 bridgehead atoms. The molecular formula is C14H23N5O.